The van der Waals surface area contributed by atoms with E-state index in [1.165, 1.54) is 9.80 Å². The molecule has 194 valence electrons. The van der Waals surface area contributed by atoms with Crippen molar-refractivity contribution in [2.45, 2.75) is 50.9 Å². The number of urea groups is 2. The maximum atomic E-state index is 13.9. The van der Waals surface area contributed by atoms with Gasteiger partial charge in [0.2, 0.25) is 11.8 Å². The number of carbonyl (C=O) groups is 4. The minimum Gasteiger partial charge on any atom is -0.322 e. The lowest BCUT2D eigenvalue weighted by atomic mass is 9.94. The van der Waals surface area contributed by atoms with E-state index in [0.29, 0.717) is 0 Å². The van der Waals surface area contributed by atoms with Crippen LogP contribution in [0, 0.1) is 5.92 Å². The van der Waals surface area contributed by atoms with Crippen molar-refractivity contribution in [3.8, 4) is 0 Å². The van der Waals surface area contributed by atoms with Crippen molar-refractivity contribution in [2.75, 3.05) is 14.1 Å². The van der Waals surface area contributed by atoms with E-state index in [4.69, 9.17) is 0 Å². The highest BCUT2D eigenvalue weighted by molar-refractivity contribution is 6.02. The van der Waals surface area contributed by atoms with E-state index in [1.54, 1.807) is 30.0 Å². The van der Waals surface area contributed by atoms with Gasteiger partial charge in [-0.05, 0) is 31.4 Å². The number of hydrogen-bond donors (Lipinski definition) is 0. The molecule has 2 saturated heterocycles. The highest BCUT2D eigenvalue weighted by Gasteiger charge is 2.49. The van der Waals surface area contributed by atoms with E-state index in [-0.39, 0.29) is 24.9 Å². The first kappa shape index (κ1) is 26.1. The molecule has 2 aromatic carbocycles. The summed E-state index contributed by atoms with van der Waals surface area (Å²) in [6.07, 6.45) is 1.58. The van der Waals surface area contributed by atoms with Gasteiger partial charge in [-0.3, -0.25) is 19.4 Å². The fraction of sp³-hybridized carbons (Fsp3) is 0.379. The van der Waals surface area contributed by atoms with Crippen LogP contribution in [0.5, 0.6) is 0 Å². The molecule has 0 aliphatic carbocycles. The van der Waals surface area contributed by atoms with Crippen LogP contribution in [0.25, 0.3) is 0 Å². The fourth-order valence-corrected chi connectivity index (χ4v) is 5.41. The zero-order valence-electron chi connectivity index (χ0n) is 21.8. The summed E-state index contributed by atoms with van der Waals surface area (Å²) in [6, 6.07) is 16.6. The molecular formula is C29H34N4O4. The van der Waals surface area contributed by atoms with Gasteiger partial charge in [-0.25, -0.2) is 9.59 Å². The number of amides is 6. The molecule has 37 heavy (non-hydrogen) atoms. The second-order valence-electron chi connectivity index (χ2n) is 9.88. The van der Waals surface area contributed by atoms with Crippen LogP contribution in [-0.2, 0) is 9.59 Å². The van der Waals surface area contributed by atoms with Crippen molar-refractivity contribution in [1.29, 1.82) is 0 Å². The highest BCUT2D eigenvalue weighted by Crippen LogP contribution is 2.38. The van der Waals surface area contributed by atoms with Crippen molar-refractivity contribution in [3.63, 3.8) is 0 Å². The zero-order valence-corrected chi connectivity index (χ0v) is 21.8. The Morgan fingerprint density at radius 3 is 1.70 bits per heavy atom. The molecule has 0 spiro atoms. The third kappa shape index (κ3) is 4.63. The minimum atomic E-state index is -0.829. The number of carbonyl (C=O) groups excluding carboxylic acids is 4. The lowest BCUT2D eigenvalue weighted by molar-refractivity contribution is -0.139. The van der Waals surface area contributed by atoms with E-state index in [2.05, 4.69) is 6.58 Å². The summed E-state index contributed by atoms with van der Waals surface area (Å²) in [5, 5.41) is 0. The summed E-state index contributed by atoms with van der Waals surface area (Å²) in [5.74, 6) is -1.71. The summed E-state index contributed by atoms with van der Waals surface area (Å²) in [7, 11) is 3.35. The molecule has 2 fully saturated rings. The van der Waals surface area contributed by atoms with Gasteiger partial charge in [-0.2, -0.15) is 0 Å². The maximum Gasteiger partial charge on any atom is 0.327 e. The van der Waals surface area contributed by atoms with Gasteiger partial charge >= 0.3 is 12.1 Å². The SMILES string of the molecule is C=CC[C@@H](CC(=O)N1C(=O)N(C)[C@H](C)[C@@H]1c1ccccc1)C(=O)N1C(=O)N(C)[C@H](C)[C@@H]1c1ccccc1. The Bertz CT molecular complexity index is 1180. The molecule has 0 saturated carbocycles. The summed E-state index contributed by atoms with van der Waals surface area (Å²) < 4.78 is 0. The predicted octanol–water partition coefficient (Wildman–Crippen LogP) is 4.62. The van der Waals surface area contributed by atoms with Gasteiger partial charge in [0.1, 0.15) is 0 Å². The summed E-state index contributed by atoms with van der Waals surface area (Å²) in [4.78, 5) is 59.6. The topological polar surface area (TPSA) is 81.2 Å². The maximum absolute atomic E-state index is 13.9. The monoisotopic (exact) mass is 502 g/mol. The number of allylic oxidation sites excluding steroid dienone is 1. The van der Waals surface area contributed by atoms with Gasteiger partial charge < -0.3 is 9.80 Å². The Labute approximate surface area is 218 Å². The molecule has 4 rings (SSSR count). The molecule has 0 aromatic heterocycles. The van der Waals surface area contributed by atoms with E-state index < -0.39 is 41.9 Å². The van der Waals surface area contributed by atoms with Gasteiger partial charge in [0.15, 0.2) is 0 Å². The van der Waals surface area contributed by atoms with Gasteiger partial charge in [0, 0.05) is 20.5 Å². The molecule has 5 atom stereocenters. The predicted molar refractivity (Wildman–Crippen MR) is 140 cm³/mol. The van der Waals surface area contributed by atoms with Crippen LogP contribution in [0.2, 0.25) is 0 Å². The average molecular weight is 503 g/mol. The van der Waals surface area contributed by atoms with Crippen LogP contribution in [0.4, 0.5) is 9.59 Å². The number of benzene rings is 2. The number of rotatable bonds is 7. The Hall–Kier alpha value is -3.94. The standard InChI is InChI=1S/C29H34N4O4/c1-6-13-23(27(35)33-26(20(3)31(5)29(33)37)22-16-11-8-12-17-22)18-24(34)32-25(19(2)30(4)28(32)36)21-14-9-7-10-15-21/h6-12,14-17,19-20,23,25-26H,1,13,18H2,2-5H3/t19-,20-,23+,25-,26-/m1/s1. The summed E-state index contributed by atoms with van der Waals surface area (Å²) in [5.41, 5.74) is 1.70. The van der Waals surface area contributed by atoms with E-state index >= 15 is 0 Å². The fourth-order valence-electron chi connectivity index (χ4n) is 5.41. The molecule has 2 aliphatic heterocycles. The van der Waals surface area contributed by atoms with Gasteiger partial charge in [0.05, 0.1) is 30.1 Å². The lowest BCUT2D eigenvalue weighted by Crippen LogP contribution is -2.43. The Morgan fingerprint density at radius 1 is 0.811 bits per heavy atom. The molecule has 8 heteroatoms. The Kier molecular flexibility index (Phi) is 7.47. The molecule has 6 amide bonds. The Balaban J connectivity index is 1.63. The molecule has 2 aliphatic rings. The number of likely N-dealkylation sites (N-methyl/N-ethyl adjacent to an activating group) is 2. The average Bonchev–Trinajstić information content (AvgIpc) is 3.28. The first-order valence-electron chi connectivity index (χ1n) is 12.6. The number of imide groups is 2. The van der Waals surface area contributed by atoms with E-state index in [9.17, 15) is 19.2 Å². The van der Waals surface area contributed by atoms with Gasteiger partial charge in [-0.1, -0.05) is 66.7 Å². The molecule has 0 N–H and O–H groups in total. The van der Waals surface area contributed by atoms with Crippen molar-refractivity contribution in [2.24, 2.45) is 5.92 Å². The van der Waals surface area contributed by atoms with Crippen molar-refractivity contribution < 1.29 is 19.2 Å². The third-order valence-electron chi connectivity index (χ3n) is 7.72. The van der Waals surface area contributed by atoms with Crippen LogP contribution < -0.4 is 0 Å². The molecule has 0 radical (unpaired) electrons. The first-order chi connectivity index (χ1) is 17.7. The smallest absolute Gasteiger partial charge is 0.322 e. The van der Waals surface area contributed by atoms with Crippen molar-refractivity contribution in [1.82, 2.24) is 19.6 Å². The molecule has 0 bridgehead atoms. The lowest BCUT2D eigenvalue weighted by Gasteiger charge is -2.29. The molecular weight excluding hydrogens is 468 g/mol. The second-order valence-corrected chi connectivity index (χ2v) is 9.88. The normalized spacial score (nSPS) is 24.5. The quantitative estimate of drug-likeness (QED) is 0.518. The molecule has 0 unspecified atom stereocenters. The molecule has 2 heterocycles. The first-order valence-corrected chi connectivity index (χ1v) is 12.6. The van der Waals surface area contributed by atoms with Crippen molar-refractivity contribution >= 4 is 23.9 Å². The minimum absolute atomic E-state index is 0.204. The van der Waals surface area contributed by atoms with Gasteiger partial charge in [0.25, 0.3) is 0 Å². The van der Waals surface area contributed by atoms with Gasteiger partial charge in [-0.15, -0.1) is 6.58 Å². The summed E-state index contributed by atoms with van der Waals surface area (Å²) in [6.45, 7) is 7.58. The van der Waals surface area contributed by atoms with Crippen LogP contribution >= 0.6 is 0 Å². The number of nitrogens with zero attached hydrogens (tertiary/aromatic N) is 4. The van der Waals surface area contributed by atoms with Crippen LogP contribution in [-0.4, -0.2) is 69.7 Å². The number of hydrogen-bond acceptors (Lipinski definition) is 4. The largest absolute Gasteiger partial charge is 0.327 e. The Morgan fingerprint density at radius 2 is 1.24 bits per heavy atom. The molecule has 8 nitrogen and oxygen atoms in total. The van der Waals surface area contributed by atoms with Crippen LogP contribution in [0.3, 0.4) is 0 Å². The summed E-state index contributed by atoms with van der Waals surface area (Å²) >= 11 is 0. The highest BCUT2D eigenvalue weighted by atomic mass is 16.2. The van der Waals surface area contributed by atoms with Crippen LogP contribution in [0.1, 0.15) is 49.9 Å². The third-order valence-corrected chi connectivity index (χ3v) is 7.72. The zero-order chi connectivity index (χ0) is 26.9. The molecule has 2 aromatic rings. The van der Waals surface area contributed by atoms with E-state index in [0.717, 1.165) is 11.1 Å². The van der Waals surface area contributed by atoms with Crippen LogP contribution in [0.15, 0.2) is 73.3 Å². The van der Waals surface area contributed by atoms with Crippen molar-refractivity contribution in [3.05, 3.63) is 84.4 Å². The second kappa shape index (κ2) is 10.6. The van der Waals surface area contributed by atoms with E-state index in [1.807, 2.05) is 74.5 Å².